The van der Waals surface area contributed by atoms with E-state index in [1.54, 1.807) is 6.07 Å². The minimum Gasteiger partial charge on any atom is -0.403 e. The van der Waals surface area contributed by atoms with Crippen LogP contribution >= 0.6 is 0 Å². The van der Waals surface area contributed by atoms with E-state index in [1.807, 2.05) is 0 Å². The first kappa shape index (κ1) is 25.2. The first-order chi connectivity index (χ1) is 16.2. The van der Waals surface area contributed by atoms with Crippen molar-refractivity contribution in [2.75, 3.05) is 0 Å². The van der Waals surface area contributed by atoms with Crippen LogP contribution in [0, 0.1) is 29.4 Å². The molecule has 0 bridgehead atoms. The standard InChI is InChI=1S/C28H35F5O/c1-2-3-4-5-6-7-18-8-9-20-15-21(11-10-19(20)14-18)23-16-22-12-13-25(34-28(31,32)33)27(30)26(22)24(29)17-23/h12-13,16-21H,2-11,14-15H2,1H3. The average Bonchev–Trinajstić information content (AvgIpc) is 2.79. The summed E-state index contributed by atoms with van der Waals surface area (Å²) in [7, 11) is 0. The van der Waals surface area contributed by atoms with E-state index in [1.165, 1.54) is 69.9 Å². The van der Waals surface area contributed by atoms with Gasteiger partial charge in [0, 0.05) is 0 Å². The lowest BCUT2D eigenvalue weighted by molar-refractivity contribution is -0.275. The Morgan fingerprint density at radius 3 is 2.38 bits per heavy atom. The Balaban J connectivity index is 1.40. The molecule has 188 valence electrons. The Morgan fingerprint density at radius 1 is 0.882 bits per heavy atom. The number of alkyl halides is 3. The molecular formula is C28H35F5O. The molecule has 2 aliphatic rings. The van der Waals surface area contributed by atoms with Crippen molar-refractivity contribution in [3.8, 4) is 5.75 Å². The Hall–Kier alpha value is -1.85. The maximum atomic E-state index is 14.9. The van der Waals surface area contributed by atoms with Crippen molar-refractivity contribution in [2.45, 2.75) is 96.3 Å². The lowest BCUT2D eigenvalue weighted by Gasteiger charge is -2.42. The zero-order chi connectivity index (χ0) is 24.3. The summed E-state index contributed by atoms with van der Waals surface area (Å²) >= 11 is 0. The van der Waals surface area contributed by atoms with Gasteiger partial charge >= 0.3 is 6.36 Å². The number of hydrogen-bond acceptors (Lipinski definition) is 1. The molecule has 4 unspecified atom stereocenters. The quantitative estimate of drug-likeness (QED) is 0.269. The van der Waals surface area contributed by atoms with Crippen molar-refractivity contribution in [3.05, 3.63) is 41.5 Å². The Labute approximate surface area is 199 Å². The summed E-state index contributed by atoms with van der Waals surface area (Å²) in [4.78, 5) is 0. The van der Waals surface area contributed by atoms with Crippen LogP contribution in [0.15, 0.2) is 24.3 Å². The fourth-order valence-corrected chi connectivity index (χ4v) is 6.40. The zero-order valence-corrected chi connectivity index (χ0v) is 19.9. The fourth-order valence-electron chi connectivity index (χ4n) is 6.40. The van der Waals surface area contributed by atoms with Gasteiger partial charge in [-0.25, -0.2) is 8.78 Å². The molecule has 6 heteroatoms. The monoisotopic (exact) mass is 482 g/mol. The van der Waals surface area contributed by atoms with Crippen molar-refractivity contribution in [3.63, 3.8) is 0 Å². The van der Waals surface area contributed by atoms with E-state index in [2.05, 4.69) is 11.7 Å². The topological polar surface area (TPSA) is 9.23 Å². The minimum absolute atomic E-state index is 0.208. The van der Waals surface area contributed by atoms with Gasteiger partial charge in [0.2, 0.25) is 0 Å². The van der Waals surface area contributed by atoms with Crippen LogP contribution in [0.5, 0.6) is 5.75 Å². The summed E-state index contributed by atoms with van der Waals surface area (Å²) in [6.07, 6.45) is 9.90. The average molecular weight is 483 g/mol. The van der Waals surface area contributed by atoms with Crippen LogP contribution in [-0.2, 0) is 0 Å². The van der Waals surface area contributed by atoms with Gasteiger partial charge in [-0.15, -0.1) is 13.2 Å². The molecule has 2 aromatic carbocycles. The fraction of sp³-hybridized carbons (Fsp3) is 0.643. The lowest BCUT2D eigenvalue weighted by Crippen LogP contribution is -2.30. The summed E-state index contributed by atoms with van der Waals surface area (Å²) in [5.41, 5.74) is 0.824. The molecule has 0 N–H and O–H groups in total. The number of benzene rings is 2. The van der Waals surface area contributed by atoms with Gasteiger partial charge in [0.05, 0.1) is 5.39 Å². The van der Waals surface area contributed by atoms with Crippen LogP contribution in [0.2, 0.25) is 0 Å². The third-order valence-electron chi connectivity index (χ3n) is 8.13. The van der Waals surface area contributed by atoms with Gasteiger partial charge in [0.1, 0.15) is 5.82 Å². The Morgan fingerprint density at radius 2 is 1.62 bits per heavy atom. The molecule has 0 aliphatic heterocycles. The van der Waals surface area contributed by atoms with E-state index in [4.69, 9.17) is 0 Å². The number of halogens is 5. The van der Waals surface area contributed by atoms with Gasteiger partial charge in [-0.05, 0) is 78.9 Å². The van der Waals surface area contributed by atoms with E-state index in [9.17, 15) is 22.0 Å². The highest BCUT2D eigenvalue weighted by Gasteiger charge is 2.36. The second-order valence-corrected chi connectivity index (χ2v) is 10.4. The molecule has 0 amide bonds. The lowest BCUT2D eigenvalue weighted by atomic mass is 9.63. The van der Waals surface area contributed by atoms with Crippen LogP contribution in [0.4, 0.5) is 22.0 Å². The highest BCUT2D eigenvalue weighted by Crippen LogP contribution is 2.49. The molecule has 2 saturated carbocycles. The van der Waals surface area contributed by atoms with Crippen molar-refractivity contribution in [1.29, 1.82) is 0 Å². The molecule has 4 rings (SSSR count). The predicted molar refractivity (Wildman–Crippen MR) is 125 cm³/mol. The van der Waals surface area contributed by atoms with Gasteiger partial charge in [-0.3, -0.25) is 0 Å². The van der Waals surface area contributed by atoms with Crippen molar-refractivity contribution < 1.29 is 26.7 Å². The molecule has 34 heavy (non-hydrogen) atoms. The van der Waals surface area contributed by atoms with E-state index in [0.717, 1.165) is 42.7 Å². The van der Waals surface area contributed by atoms with Gasteiger partial charge in [-0.2, -0.15) is 0 Å². The number of unbranched alkanes of at least 4 members (excludes halogenated alkanes) is 4. The first-order valence-electron chi connectivity index (χ1n) is 12.9. The molecule has 2 aliphatic carbocycles. The summed E-state index contributed by atoms with van der Waals surface area (Å²) < 4.78 is 70.7. The number of hydrogen-bond donors (Lipinski definition) is 0. The molecule has 0 spiro atoms. The van der Waals surface area contributed by atoms with Crippen molar-refractivity contribution in [2.24, 2.45) is 17.8 Å². The molecule has 1 nitrogen and oxygen atoms in total. The van der Waals surface area contributed by atoms with E-state index >= 15 is 0 Å². The van der Waals surface area contributed by atoms with Crippen LogP contribution < -0.4 is 4.74 Å². The predicted octanol–water partition coefficient (Wildman–Crippen LogP) is 9.68. The van der Waals surface area contributed by atoms with E-state index < -0.39 is 29.1 Å². The highest BCUT2D eigenvalue weighted by atomic mass is 19.4. The van der Waals surface area contributed by atoms with Crippen LogP contribution in [-0.4, -0.2) is 6.36 Å². The molecule has 0 heterocycles. The third kappa shape index (κ3) is 6.04. The molecule has 0 saturated heterocycles. The summed E-state index contributed by atoms with van der Waals surface area (Å²) in [5.74, 6) is -0.700. The number of fused-ring (bicyclic) bond motifs is 2. The maximum Gasteiger partial charge on any atom is 0.573 e. The number of ether oxygens (including phenoxy) is 1. The summed E-state index contributed by atoms with van der Waals surface area (Å²) in [6.45, 7) is 2.24. The van der Waals surface area contributed by atoms with Gasteiger partial charge in [0.25, 0.3) is 0 Å². The van der Waals surface area contributed by atoms with Gasteiger partial charge in [0.15, 0.2) is 11.6 Å². The van der Waals surface area contributed by atoms with Gasteiger partial charge in [-0.1, -0.05) is 64.0 Å². The second kappa shape index (κ2) is 10.8. The largest absolute Gasteiger partial charge is 0.573 e. The van der Waals surface area contributed by atoms with Crippen molar-refractivity contribution in [1.82, 2.24) is 0 Å². The van der Waals surface area contributed by atoms with Crippen LogP contribution in [0.25, 0.3) is 10.8 Å². The first-order valence-corrected chi connectivity index (χ1v) is 12.9. The van der Waals surface area contributed by atoms with E-state index in [0.29, 0.717) is 5.92 Å². The molecule has 2 fully saturated rings. The van der Waals surface area contributed by atoms with Crippen molar-refractivity contribution >= 4 is 10.8 Å². The van der Waals surface area contributed by atoms with Gasteiger partial charge < -0.3 is 4.74 Å². The molecule has 0 aromatic heterocycles. The summed E-state index contributed by atoms with van der Waals surface area (Å²) in [6, 6.07) is 5.29. The summed E-state index contributed by atoms with van der Waals surface area (Å²) in [5, 5.41) is -0.172. The smallest absolute Gasteiger partial charge is 0.403 e. The highest BCUT2D eigenvalue weighted by molar-refractivity contribution is 5.86. The van der Waals surface area contributed by atoms with Crippen LogP contribution in [0.1, 0.15) is 95.5 Å². The second-order valence-electron chi connectivity index (χ2n) is 10.4. The zero-order valence-electron chi connectivity index (χ0n) is 19.9. The molecular weight excluding hydrogens is 447 g/mol. The minimum atomic E-state index is -5.03. The normalized spacial score (nSPS) is 25.4. The maximum absolute atomic E-state index is 14.9. The van der Waals surface area contributed by atoms with E-state index in [-0.39, 0.29) is 11.3 Å². The Kier molecular flexibility index (Phi) is 8.04. The molecule has 4 atom stereocenters. The Bertz CT molecular complexity index is 969. The molecule has 2 aromatic rings. The molecule has 0 radical (unpaired) electrons. The SMILES string of the molecule is CCCCCCCC1CCC2CC(c3cc(F)c4c(F)c(OC(F)(F)F)ccc4c3)CCC2C1. The number of rotatable bonds is 8. The van der Waals surface area contributed by atoms with Crippen LogP contribution in [0.3, 0.4) is 0 Å². The third-order valence-corrected chi connectivity index (χ3v) is 8.13.